The van der Waals surface area contributed by atoms with Gasteiger partial charge in [0.05, 0.1) is 0 Å². The van der Waals surface area contributed by atoms with Gasteiger partial charge in [-0.15, -0.1) is 0 Å². The molecule has 1 amide bonds. The second-order valence-electron chi connectivity index (χ2n) is 4.79. The smallest absolute Gasteiger partial charge is 0.225 e. The molecule has 0 fully saturated rings. The molecule has 0 radical (unpaired) electrons. The van der Waals surface area contributed by atoms with Gasteiger partial charge < -0.3 is 16.0 Å². The van der Waals surface area contributed by atoms with Crippen LogP contribution in [0.5, 0.6) is 0 Å². The number of thioether (sulfide) groups is 1. The molecule has 1 rings (SSSR count). The molecule has 3 N–H and O–H groups in total. The maximum absolute atomic E-state index is 11.8. The molecule has 0 aliphatic carbocycles. The summed E-state index contributed by atoms with van der Waals surface area (Å²) in [6, 6.07) is 5.55. The van der Waals surface area contributed by atoms with Crippen molar-refractivity contribution < 1.29 is 4.79 Å². The Morgan fingerprint density at radius 1 is 1.37 bits per heavy atom. The van der Waals surface area contributed by atoms with Crippen molar-refractivity contribution in [3.05, 3.63) is 23.8 Å². The fourth-order valence-electron chi connectivity index (χ4n) is 1.50. The first kappa shape index (κ1) is 15.9. The van der Waals surface area contributed by atoms with Gasteiger partial charge in [0.2, 0.25) is 5.91 Å². The van der Waals surface area contributed by atoms with Gasteiger partial charge in [-0.2, -0.15) is 11.8 Å². The number of carbonyl (C=O) groups is 1. The molecule has 1 aromatic rings. The molecule has 1 aromatic carbocycles. The first-order chi connectivity index (χ1) is 8.99. The summed E-state index contributed by atoms with van der Waals surface area (Å²) in [5.74, 6) is 1.95. The van der Waals surface area contributed by atoms with Gasteiger partial charge in [0.1, 0.15) is 0 Å². The number of hydrogen-bond donors (Lipinski definition) is 2. The molecule has 5 heteroatoms. The number of benzene rings is 1. The number of anilines is 2. The number of hydrogen-bond acceptors (Lipinski definition) is 4. The zero-order chi connectivity index (χ0) is 14.3. The number of aryl methyl sites for hydroxylation is 1. The number of nitrogen functional groups attached to an aromatic ring is 1. The number of nitrogens with one attached hydrogen (secondary N) is 1. The van der Waals surface area contributed by atoms with E-state index >= 15 is 0 Å². The lowest BCUT2D eigenvalue weighted by Gasteiger charge is -2.10. The molecule has 19 heavy (non-hydrogen) atoms. The fraction of sp³-hybridized carbons (Fsp3) is 0.500. The van der Waals surface area contributed by atoms with Crippen molar-refractivity contribution in [2.24, 2.45) is 0 Å². The summed E-state index contributed by atoms with van der Waals surface area (Å²) < 4.78 is 0. The molecule has 0 saturated carbocycles. The van der Waals surface area contributed by atoms with Crippen molar-refractivity contribution in [3.8, 4) is 0 Å². The predicted octanol–water partition coefficient (Wildman–Crippen LogP) is 2.20. The van der Waals surface area contributed by atoms with Crippen molar-refractivity contribution in [3.63, 3.8) is 0 Å². The minimum absolute atomic E-state index is 0.0473. The van der Waals surface area contributed by atoms with Gasteiger partial charge in [-0.1, -0.05) is 6.07 Å². The van der Waals surface area contributed by atoms with Gasteiger partial charge in [-0.25, -0.2) is 0 Å². The zero-order valence-electron chi connectivity index (χ0n) is 11.9. The Labute approximate surface area is 119 Å². The standard InChI is InChI=1S/C14H23N3OS/c1-11-4-5-12(15)10-13(11)16-14(18)6-8-19-9-7-17(2)3/h4-5,10H,6-9,15H2,1-3H3,(H,16,18). The third-order valence-corrected chi connectivity index (χ3v) is 3.66. The summed E-state index contributed by atoms with van der Waals surface area (Å²) in [6.45, 7) is 3.00. The first-order valence-corrected chi connectivity index (χ1v) is 7.53. The summed E-state index contributed by atoms with van der Waals surface area (Å²) >= 11 is 1.80. The SMILES string of the molecule is Cc1ccc(N)cc1NC(=O)CCSCCN(C)C. The summed E-state index contributed by atoms with van der Waals surface area (Å²) in [5.41, 5.74) is 8.22. The first-order valence-electron chi connectivity index (χ1n) is 6.37. The second-order valence-corrected chi connectivity index (χ2v) is 6.01. The summed E-state index contributed by atoms with van der Waals surface area (Å²) in [7, 11) is 4.10. The van der Waals surface area contributed by atoms with Crippen molar-refractivity contribution in [2.45, 2.75) is 13.3 Å². The van der Waals surface area contributed by atoms with Crippen LogP contribution in [0, 0.1) is 6.92 Å². The van der Waals surface area contributed by atoms with Crippen LogP contribution in [-0.2, 0) is 4.79 Å². The van der Waals surface area contributed by atoms with Crippen molar-refractivity contribution in [2.75, 3.05) is 43.2 Å². The van der Waals surface area contributed by atoms with Gasteiger partial charge in [0.15, 0.2) is 0 Å². The van der Waals surface area contributed by atoms with E-state index in [1.165, 1.54) is 0 Å². The van der Waals surface area contributed by atoms with E-state index in [1.54, 1.807) is 17.8 Å². The van der Waals surface area contributed by atoms with Crippen LogP contribution in [0.1, 0.15) is 12.0 Å². The molecule has 0 saturated heterocycles. The quantitative estimate of drug-likeness (QED) is 0.594. The van der Waals surface area contributed by atoms with Crippen LogP contribution in [0.4, 0.5) is 11.4 Å². The zero-order valence-corrected chi connectivity index (χ0v) is 12.7. The number of nitrogens with two attached hydrogens (primary N) is 1. The summed E-state index contributed by atoms with van der Waals surface area (Å²) in [5, 5.41) is 2.91. The molecule has 0 aromatic heterocycles. The van der Waals surface area contributed by atoms with Crippen LogP contribution in [0.25, 0.3) is 0 Å². The number of rotatable bonds is 7. The molecule has 0 bridgehead atoms. The lowest BCUT2D eigenvalue weighted by atomic mass is 10.2. The highest BCUT2D eigenvalue weighted by molar-refractivity contribution is 7.99. The predicted molar refractivity (Wildman–Crippen MR) is 84.7 cm³/mol. The third-order valence-electron chi connectivity index (χ3n) is 2.69. The van der Waals surface area contributed by atoms with Crippen LogP contribution in [-0.4, -0.2) is 43.0 Å². The lowest BCUT2D eigenvalue weighted by molar-refractivity contribution is -0.115. The average Bonchev–Trinajstić information content (AvgIpc) is 2.33. The maximum Gasteiger partial charge on any atom is 0.225 e. The number of amides is 1. The van der Waals surface area contributed by atoms with Gasteiger partial charge in [-0.05, 0) is 38.7 Å². The Kier molecular flexibility index (Phi) is 6.73. The largest absolute Gasteiger partial charge is 0.399 e. The van der Waals surface area contributed by atoms with E-state index in [9.17, 15) is 4.79 Å². The Morgan fingerprint density at radius 2 is 2.11 bits per heavy atom. The molecule has 0 aliphatic rings. The Hall–Kier alpha value is -1.20. The van der Waals surface area contributed by atoms with E-state index in [4.69, 9.17) is 5.73 Å². The van der Waals surface area contributed by atoms with E-state index < -0.39 is 0 Å². The average molecular weight is 281 g/mol. The molecule has 0 spiro atoms. The maximum atomic E-state index is 11.8. The monoisotopic (exact) mass is 281 g/mol. The van der Waals surface area contributed by atoms with Crippen molar-refractivity contribution in [1.82, 2.24) is 4.90 Å². The Balaban J connectivity index is 2.29. The van der Waals surface area contributed by atoms with Gasteiger partial charge in [0.25, 0.3) is 0 Å². The fourth-order valence-corrected chi connectivity index (χ4v) is 2.53. The van der Waals surface area contributed by atoms with Crippen LogP contribution in [0.2, 0.25) is 0 Å². The number of nitrogens with zero attached hydrogens (tertiary/aromatic N) is 1. The normalized spacial score (nSPS) is 10.7. The highest BCUT2D eigenvalue weighted by Crippen LogP contribution is 2.18. The van der Waals surface area contributed by atoms with Gasteiger partial charge >= 0.3 is 0 Å². The molecule has 0 unspecified atom stereocenters. The van der Waals surface area contributed by atoms with Crippen LogP contribution in [0.15, 0.2) is 18.2 Å². The van der Waals surface area contributed by atoms with E-state index in [0.717, 1.165) is 29.3 Å². The van der Waals surface area contributed by atoms with Gasteiger partial charge in [0, 0.05) is 35.8 Å². The molecule has 0 atom stereocenters. The lowest BCUT2D eigenvalue weighted by Crippen LogP contribution is -2.16. The molecular weight excluding hydrogens is 258 g/mol. The summed E-state index contributed by atoms with van der Waals surface area (Å²) in [4.78, 5) is 13.9. The minimum Gasteiger partial charge on any atom is -0.399 e. The van der Waals surface area contributed by atoms with Crippen LogP contribution < -0.4 is 11.1 Å². The molecule has 4 nitrogen and oxygen atoms in total. The number of carbonyl (C=O) groups excluding carboxylic acids is 1. The van der Waals surface area contributed by atoms with E-state index in [1.807, 2.05) is 19.1 Å². The van der Waals surface area contributed by atoms with Crippen LogP contribution in [0.3, 0.4) is 0 Å². The second kappa shape index (κ2) is 8.07. The highest BCUT2D eigenvalue weighted by Gasteiger charge is 2.05. The summed E-state index contributed by atoms with van der Waals surface area (Å²) in [6.07, 6.45) is 0.534. The van der Waals surface area contributed by atoms with Crippen molar-refractivity contribution >= 4 is 29.0 Å². The van der Waals surface area contributed by atoms with E-state index in [0.29, 0.717) is 12.1 Å². The molecule has 106 valence electrons. The van der Waals surface area contributed by atoms with Crippen LogP contribution >= 0.6 is 11.8 Å². The highest BCUT2D eigenvalue weighted by atomic mass is 32.2. The third kappa shape index (κ3) is 6.50. The Bertz CT molecular complexity index is 421. The topological polar surface area (TPSA) is 58.4 Å². The van der Waals surface area contributed by atoms with Gasteiger partial charge in [-0.3, -0.25) is 4.79 Å². The van der Waals surface area contributed by atoms with E-state index in [-0.39, 0.29) is 5.91 Å². The molecule has 0 heterocycles. The Morgan fingerprint density at radius 3 is 2.79 bits per heavy atom. The van der Waals surface area contributed by atoms with Crippen molar-refractivity contribution in [1.29, 1.82) is 0 Å². The van der Waals surface area contributed by atoms with E-state index in [2.05, 4.69) is 24.3 Å². The minimum atomic E-state index is 0.0473. The molecule has 0 aliphatic heterocycles. The molecular formula is C14H23N3OS.